The van der Waals surface area contributed by atoms with Gasteiger partial charge in [-0.15, -0.1) is 10.2 Å². The van der Waals surface area contributed by atoms with Crippen LogP contribution in [0.15, 0.2) is 18.2 Å². The topological polar surface area (TPSA) is 30.7 Å². The fourth-order valence-electron chi connectivity index (χ4n) is 1.65. The summed E-state index contributed by atoms with van der Waals surface area (Å²) in [6.45, 7) is 1.75. The number of hydrogen-bond donors (Lipinski definition) is 0. The highest BCUT2D eigenvalue weighted by atomic mass is 35.5. The van der Waals surface area contributed by atoms with Crippen LogP contribution in [-0.4, -0.2) is 14.8 Å². The second-order valence-corrected chi connectivity index (χ2v) is 4.07. The summed E-state index contributed by atoms with van der Waals surface area (Å²) in [6, 6.07) is 2.62. The van der Waals surface area contributed by atoms with Gasteiger partial charge in [0.15, 0.2) is 0 Å². The molecule has 3 nitrogen and oxygen atoms in total. The van der Waals surface area contributed by atoms with Crippen LogP contribution in [0.5, 0.6) is 0 Å². The fraction of sp³-hybridized carbons (Fsp3) is 0.273. The van der Waals surface area contributed by atoms with E-state index in [2.05, 4.69) is 10.2 Å². The van der Waals surface area contributed by atoms with Gasteiger partial charge < -0.3 is 0 Å². The van der Waals surface area contributed by atoms with Crippen LogP contribution in [0, 0.1) is 5.82 Å². The molecule has 102 valence electrons. The summed E-state index contributed by atoms with van der Waals surface area (Å²) in [5.74, 6) is -0.941. The summed E-state index contributed by atoms with van der Waals surface area (Å²) in [6.07, 6.45) is -4.34. The Kier molecular flexibility index (Phi) is 3.49. The maximum atomic E-state index is 13.2. The van der Waals surface area contributed by atoms with Crippen LogP contribution >= 0.6 is 11.6 Å². The van der Waals surface area contributed by atoms with Gasteiger partial charge in [0.1, 0.15) is 11.6 Å². The van der Waals surface area contributed by atoms with E-state index in [9.17, 15) is 17.6 Å². The molecule has 0 saturated carbocycles. The number of alkyl halides is 3. The number of rotatable bonds is 2. The van der Waals surface area contributed by atoms with E-state index in [1.165, 1.54) is 10.6 Å². The maximum Gasteiger partial charge on any atom is 0.419 e. The van der Waals surface area contributed by atoms with Gasteiger partial charge in [0.05, 0.1) is 11.3 Å². The standard InChI is InChI=1S/C11H8ClF4N3/c1-2-9-17-18-10(12)19(9)6-3-4-8(13)7(5-6)11(14,15)16/h3-5H,2H2,1H3. The van der Waals surface area contributed by atoms with Crippen molar-refractivity contribution in [3.05, 3.63) is 40.7 Å². The third-order valence-corrected chi connectivity index (χ3v) is 2.76. The molecule has 1 aromatic carbocycles. The first-order valence-corrected chi connectivity index (χ1v) is 5.69. The van der Waals surface area contributed by atoms with E-state index in [0.717, 1.165) is 6.07 Å². The fourth-order valence-corrected chi connectivity index (χ4v) is 1.88. The Morgan fingerprint density at radius 2 is 1.95 bits per heavy atom. The van der Waals surface area contributed by atoms with Gasteiger partial charge in [0.2, 0.25) is 5.28 Å². The minimum atomic E-state index is -4.77. The van der Waals surface area contributed by atoms with Crippen LogP contribution in [0.3, 0.4) is 0 Å². The maximum absolute atomic E-state index is 13.2. The van der Waals surface area contributed by atoms with E-state index in [-0.39, 0.29) is 11.0 Å². The van der Waals surface area contributed by atoms with Gasteiger partial charge in [-0.2, -0.15) is 13.2 Å². The first-order chi connectivity index (χ1) is 8.84. The Bertz CT molecular complexity index is 606. The van der Waals surface area contributed by atoms with E-state index < -0.39 is 17.6 Å². The SMILES string of the molecule is CCc1nnc(Cl)n1-c1ccc(F)c(C(F)(F)F)c1. The molecule has 19 heavy (non-hydrogen) atoms. The molecule has 0 radical (unpaired) electrons. The van der Waals surface area contributed by atoms with Crippen LogP contribution in [0.1, 0.15) is 18.3 Å². The molecule has 0 spiro atoms. The van der Waals surface area contributed by atoms with Crippen molar-refractivity contribution in [1.29, 1.82) is 0 Å². The monoisotopic (exact) mass is 293 g/mol. The van der Waals surface area contributed by atoms with Crippen molar-refractivity contribution < 1.29 is 17.6 Å². The number of aromatic nitrogens is 3. The molecule has 0 bridgehead atoms. The molecule has 8 heteroatoms. The Labute approximate surface area is 110 Å². The Balaban J connectivity index is 2.61. The molecule has 1 aromatic heterocycles. The number of benzene rings is 1. The first-order valence-electron chi connectivity index (χ1n) is 5.31. The van der Waals surface area contributed by atoms with E-state index in [1.807, 2.05) is 0 Å². The molecule has 0 aliphatic heterocycles. The summed E-state index contributed by atoms with van der Waals surface area (Å²) < 4.78 is 52.4. The molecular weight excluding hydrogens is 286 g/mol. The van der Waals surface area contributed by atoms with Crippen LogP contribution in [0.25, 0.3) is 5.69 Å². The minimum absolute atomic E-state index is 0.0700. The van der Waals surface area contributed by atoms with Crippen LogP contribution < -0.4 is 0 Å². The summed E-state index contributed by atoms with van der Waals surface area (Å²) in [5, 5.41) is 7.24. The molecule has 0 aliphatic rings. The number of halogens is 5. The van der Waals surface area contributed by atoms with Crippen molar-refractivity contribution in [3.63, 3.8) is 0 Å². The Morgan fingerprint density at radius 3 is 2.53 bits per heavy atom. The highest BCUT2D eigenvalue weighted by Gasteiger charge is 2.34. The highest BCUT2D eigenvalue weighted by Crippen LogP contribution is 2.33. The van der Waals surface area contributed by atoms with Crippen molar-refractivity contribution in [1.82, 2.24) is 14.8 Å². The molecule has 0 amide bonds. The highest BCUT2D eigenvalue weighted by molar-refractivity contribution is 6.28. The van der Waals surface area contributed by atoms with Crippen LogP contribution in [0.2, 0.25) is 5.28 Å². The number of aryl methyl sites for hydroxylation is 1. The average Bonchev–Trinajstić information content (AvgIpc) is 2.70. The van der Waals surface area contributed by atoms with Gasteiger partial charge in [-0.25, -0.2) is 4.39 Å². The average molecular weight is 294 g/mol. The zero-order valence-corrected chi connectivity index (χ0v) is 10.4. The molecule has 0 unspecified atom stereocenters. The molecule has 1 heterocycles. The lowest BCUT2D eigenvalue weighted by Gasteiger charge is -2.12. The molecule has 0 saturated heterocycles. The number of nitrogens with zero attached hydrogens (tertiary/aromatic N) is 3. The number of hydrogen-bond acceptors (Lipinski definition) is 2. The molecule has 2 rings (SSSR count). The van der Waals surface area contributed by atoms with Gasteiger partial charge in [-0.1, -0.05) is 6.92 Å². The summed E-state index contributed by atoms with van der Waals surface area (Å²) in [4.78, 5) is 0. The van der Waals surface area contributed by atoms with Crippen molar-refractivity contribution in [2.75, 3.05) is 0 Å². The summed E-state index contributed by atoms with van der Waals surface area (Å²) >= 11 is 5.78. The summed E-state index contributed by atoms with van der Waals surface area (Å²) in [7, 11) is 0. The smallest absolute Gasteiger partial charge is 0.270 e. The quantitative estimate of drug-likeness (QED) is 0.792. The lowest BCUT2D eigenvalue weighted by atomic mass is 10.1. The molecule has 0 aliphatic carbocycles. The van der Waals surface area contributed by atoms with Gasteiger partial charge in [0, 0.05) is 6.42 Å². The molecule has 0 atom stereocenters. The Hall–Kier alpha value is -1.63. The molecule has 2 aromatic rings. The van der Waals surface area contributed by atoms with Gasteiger partial charge in [-0.05, 0) is 29.8 Å². The van der Waals surface area contributed by atoms with Crippen molar-refractivity contribution in [3.8, 4) is 5.69 Å². The lowest BCUT2D eigenvalue weighted by molar-refractivity contribution is -0.140. The lowest BCUT2D eigenvalue weighted by Crippen LogP contribution is -2.10. The third kappa shape index (κ3) is 2.56. The van der Waals surface area contributed by atoms with Gasteiger partial charge in [-0.3, -0.25) is 4.57 Å². The molecule has 0 N–H and O–H groups in total. The van der Waals surface area contributed by atoms with E-state index in [1.54, 1.807) is 6.92 Å². The van der Waals surface area contributed by atoms with E-state index in [0.29, 0.717) is 18.3 Å². The Morgan fingerprint density at radius 1 is 1.26 bits per heavy atom. The normalized spacial score (nSPS) is 11.9. The van der Waals surface area contributed by atoms with Gasteiger partial charge in [0.25, 0.3) is 0 Å². The van der Waals surface area contributed by atoms with Gasteiger partial charge >= 0.3 is 6.18 Å². The molecular formula is C11H8ClF4N3. The van der Waals surface area contributed by atoms with E-state index >= 15 is 0 Å². The van der Waals surface area contributed by atoms with E-state index in [4.69, 9.17) is 11.6 Å². The second kappa shape index (κ2) is 4.80. The van der Waals surface area contributed by atoms with Crippen molar-refractivity contribution in [2.45, 2.75) is 19.5 Å². The predicted octanol–water partition coefficient (Wildman–Crippen LogP) is 3.64. The minimum Gasteiger partial charge on any atom is -0.270 e. The predicted molar refractivity (Wildman–Crippen MR) is 60.7 cm³/mol. The van der Waals surface area contributed by atoms with Crippen molar-refractivity contribution in [2.24, 2.45) is 0 Å². The largest absolute Gasteiger partial charge is 0.419 e. The van der Waals surface area contributed by atoms with Crippen LogP contribution in [0.4, 0.5) is 17.6 Å². The summed E-state index contributed by atoms with van der Waals surface area (Å²) in [5.41, 5.74) is -1.28. The first kappa shape index (κ1) is 13.8. The van der Waals surface area contributed by atoms with Crippen molar-refractivity contribution >= 4 is 11.6 Å². The third-order valence-electron chi connectivity index (χ3n) is 2.52. The second-order valence-electron chi connectivity index (χ2n) is 3.74. The molecule has 0 fully saturated rings. The van der Waals surface area contributed by atoms with Crippen LogP contribution in [-0.2, 0) is 12.6 Å². The zero-order chi connectivity index (χ0) is 14.2. The zero-order valence-electron chi connectivity index (χ0n) is 9.67.